The van der Waals surface area contributed by atoms with Crippen LogP contribution in [0.2, 0.25) is 0 Å². The van der Waals surface area contributed by atoms with Crippen LogP contribution in [0, 0.1) is 11.3 Å². The molecule has 0 spiro atoms. The number of carboxylic acid groups (broad SMARTS) is 1. The number of likely N-dealkylation sites (tertiary alicyclic amines) is 1. The average Bonchev–Trinajstić information content (AvgIpc) is 2.40. The number of carbonyl (C=O) groups is 1. The van der Waals surface area contributed by atoms with Gasteiger partial charge in [0, 0.05) is 12.6 Å². The van der Waals surface area contributed by atoms with E-state index in [2.05, 4.69) is 16.7 Å². The van der Waals surface area contributed by atoms with Crippen LogP contribution >= 0.6 is 11.8 Å². The van der Waals surface area contributed by atoms with Crippen LogP contribution in [0.1, 0.15) is 39.5 Å². The Kier molecular flexibility index (Phi) is 4.59. The van der Waals surface area contributed by atoms with Crippen LogP contribution in [0.15, 0.2) is 0 Å². The van der Waals surface area contributed by atoms with Gasteiger partial charge in [-0.1, -0.05) is 0 Å². The van der Waals surface area contributed by atoms with Gasteiger partial charge in [-0.25, -0.2) is 0 Å². The third-order valence-corrected chi connectivity index (χ3v) is 5.78. The van der Waals surface area contributed by atoms with Gasteiger partial charge in [-0.2, -0.15) is 11.8 Å². The summed E-state index contributed by atoms with van der Waals surface area (Å²) in [5.41, 5.74) is -0.581. The Morgan fingerprint density at radius 2 is 1.94 bits per heavy atom. The fourth-order valence-corrected chi connectivity index (χ4v) is 4.23. The van der Waals surface area contributed by atoms with E-state index in [-0.39, 0.29) is 0 Å². The van der Waals surface area contributed by atoms with Gasteiger partial charge in [-0.05, 0) is 63.5 Å². The van der Waals surface area contributed by atoms with Crippen LogP contribution in [0.3, 0.4) is 0 Å². The molecule has 0 aromatic carbocycles. The molecule has 0 saturated carbocycles. The first-order chi connectivity index (χ1) is 8.51. The molecule has 18 heavy (non-hydrogen) atoms. The summed E-state index contributed by atoms with van der Waals surface area (Å²) in [5.74, 6) is 2.20. The lowest BCUT2D eigenvalue weighted by Crippen LogP contribution is -2.49. The molecule has 3 nitrogen and oxygen atoms in total. The van der Waals surface area contributed by atoms with E-state index >= 15 is 0 Å². The van der Waals surface area contributed by atoms with Crippen molar-refractivity contribution in [1.82, 2.24) is 4.90 Å². The molecule has 0 aromatic heterocycles. The first-order valence-corrected chi connectivity index (χ1v) is 8.22. The lowest BCUT2D eigenvalue weighted by atomic mass is 9.74. The molecule has 1 N–H and O–H groups in total. The zero-order valence-corrected chi connectivity index (χ0v) is 12.3. The Hall–Kier alpha value is -0.220. The minimum atomic E-state index is -0.645. The van der Waals surface area contributed by atoms with Crippen molar-refractivity contribution in [1.29, 1.82) is 0 Å². The molecule has 0 amide bonds. The Balaban J connectivity index is 1.97. The van der Waals surface area contributed by atoms with Crippen LogP contribution in [0.5, 0.6) is 0 Å². The Labute approximate surface area is 114 Å². The van der Waals surface area contributed by atoms with Gasteiger partial charge in [0.25, 0.3) is 0 Å². The maximum Gasteiger partial charge on any atom is 0.309 e. The number of rotatable bonds is 3. The molecule has 1 atom stereocenters. The Morgan fingerprint density at radius 1 is 1.28 bits per heavy atom. The highest BCUT2D eigenvalue weighted by atomic mass is 32.2. The van der Waals surface area contributed by atoms with Crippen molar-refractivity contribution >= 4 is 17.7 Å². The second-order valence-corrected chi connectivity index (χ2v) is 7.43. The van der Waals surface area contributed by atoms with E-state index in [1.807, 2.05) is 13.8 Å². The van der Waals surface area contributed by atoms with Gasteiger partial charge in [-0.3, -0.25) is 4.79 Å². The van der Waals surface area contributed by atoms with Gasteiger partial charge in [0.1, 0.15) is 0 Å². The van der Waals surface area contributed by atoms with Crippen molar-refractivity contribution in [3.8, 4) is 0 Å². The molecule has 2 heterocycles. The van der Waals surface area contributed by atoms with E-state index in [1.165, 1.54) is 30.9 Å². The monoisotopic (exact) mass is 271 g/mol. The first kappa shape index (κ1) is 14.2. The number of aliphatic carboxylic acids is 1. The molecule has 2 saturated heterocycles. The summed E-state index contributed by atoms with van der Waals surface area (Å²) in [7, 11) is 0. The van der Waals surface area contributed by atoms with E-state index in [0.29, 0.717) is 12.0 Å². The van der Waals surface area contributed by atoms with Gasteiger partial charge in [0.05, 0.1) is 5.41 Å². The molecule has 104 valence electrons. The lowest BCUT2D eigenvalue weighted by molar-refractivity contribution is -0.151. The van der Waals surface area contributed by atoms with Crippen LogP contribution in [0.25, 0.3) is 0 Å². The molecule has 0 aliphatic carbocycles. The molecule has 2 rings (SSSR count). The summed E-state index contributed by atoms with van der Waals surface area (Å²) in [4.78, 5) is 13.9. The number of hydrogen-bond acceptors (Lipinski definition) is 3. The van der Waals surface area contributed by atoms with E-state index in [0.717, 1.165) is 19.4 Å². The third-order valence-electron chi connectivity index (χ3n) is 4.73. The molecule has 2 aliphatic rings. The molecule has 2 fully saturated rings. The Bertz CT molecular complexity index is 300. The molecular weight excluding hydrogens is 246 g/mol. The molecule has 0 aromatic rings. The van der Waals surface area contributed by atoms with Gasteiger partial charge in [-0.15, -0.1) is 0 Å². The summed E-state index contributed by atoms with van der Waals surface area (Å²) >= 11 is 2.05. The standard InChI is InChI=1S/C14H25NO2S/c1-14(2,13(16)17)11-4-3-7-15(10-11)12-5-8-18-9-6-12/h11-12H,3-10H2,1-2H3,(H,16,17). The van der Waals surface area contributed by atoms with Crippen LogP contribution in [0.4, 0.5) is 0 Å². The SMILES string of the molecule is CC(C)(C(=O)O)C1CCCN(C2CCSCC2)C1. The van der Waals surface area contributed by atoms with Gasteiger partial charge in [0.15, 0.2) is 0 Å². The fraction of sp³-hybridized carbons (Fsp3) is 0.929. The Morgan fingerprint density at radius 3 is 2.56 bits per heavy atom. The highest BCUT2D eigenvalue weighted by Crippen LogP contribution is 2.36. The summed E-state index contributed by atoms with van der Waals surface area (Å²) < 4.78 is 0. The normalized spacial score (nSPS) is 28.2. The third kappa shape index (κ3) is 3.02. The largest absolute Gasteiger partial charge is 0.481 e. The predicted molar refractivity (Wildman–Crippen MR) is 76.1 cm³/mol. The van der Waals surface area contributed by atoms with Crippen LogP contribution < -0.4 is 0 Å². The number of piperidine rings is 1. The minimum Gasteiger partial charge on any atom is -0.481 e. The summed E-state index contributed by atoms with van der Waals surface area (Å²) in [6.07, 6.45) is 4.79. The lowest BCUT2D eigenvalue weighted by Gasteiger charge is -2.43. The van der Waals surface area contributed by atoms with E-state index < -0.39 is 11.4 Å². The zero-order chi connectivity index (χ0) is 13.2. The maximum atomic E-state index is 11.4. The number of hydrogen-bond donors (Lipinski definition) is 1. The fourth-order valence-electron chi connectivity index (χ4n) is 3.15. The molecule has 4 heteroatoms. The number of thioether (sulfide) groups is 1. The molecule has 0 radical (unpaired) electrons. The van der Waals surface area contributed by atoms with Crippen molar-refractivity contribution in [3.05, 3.63) is 0 Å². The van der Waals surface area contributed by atoms with E-state index in [9.17, 15) is 9.90 Å². The van der Waals surface area contributed by atoms with Crippen molar-refractivity contribution in [2.45, 2.75) is 45.6 Å². The van der Waals surface area contributed by atoms with Crippen LogP contribution in [-0.4, -0.2) is 46.6 Å². The highest BCUT2D eigenvalue weighted by molar-refractivity contribution is 7.99. The number of nitrogens with zero attached hydrogens (tertiary/aromatic N) is 1. The van der Waals surface area contributed by atoms with Crippen molar-refractivity contribution < 1.29 is 9.90 Å². The second-order valence-electron chi connectivity index (χ2n) is 6.20. The summed E-state index contributed by atoms with van der Waals surface area (Å²) in [6.45, 7) is 5.93. The van der Waals surface area contributed by atoms with Gasteiger partial charge >= 0.3 is 5.97 Å². The average molecular weight is 271 g/mol. The van der Waals surface area contributed by atoms with E-state index in [4.69, 9.17) is 0 Å². The first-order valence-electron chi connectivity index (χ1n) is 7.07. The topological polar surface area (TPSA) is 40.5 Å². The molecule has 2 aliphatic heterocycles. The minimum absolute atomic E-state index is 0.304. The number of carboxylic acids is 1. The highest BCUT2D eigenvalue weighted by Gasteiger charge is 2.40. The predicted octanol–water partition coefficient (Wildman–Crippen LogP) is 2.70. The van der Waals surface area contributed by atoms with Crippen molar-refractivity contribution in [2.75, 3.05) is 24.6 Å². The summed E-state index contributed by atoms with van der Waals surface area (Å²) in [5, 5.41) is 9.37. The van der Waals surface area contributed by atoms with Crippen molar-refractivity contribution in [3.63, 3.8) is 0 Å². The zero-order valence-electron chi connectivity index (χ0n) is 11.5. The smallest absolute Gasteiger partial charge is 0.309 e. The van der Waals surface area contributed by atoms with Crippen LogP contribution in [-0.2, 0) is 4.79 Å². The van der Waals surface area contributed by atoms with Gasteiger partial charge in [0.2, 0.25) is 0 Å². The second kappa shape index (κ2) is 5.83. The quantitative estimate of drug-likeness (QED) is 0.857. The van der Waals surface area contributed by atoms with Crippen molar-refractivity contribution in [2.24, 2.45) is 11.3 Å². The molecular formula is C14H25NO2S. The van der Waals surface area contributed by atoms with E-state index in [1.54, 1.807) is 0 Å². The summed E-state index contributed by atoms with van der Waals surface area (Å²) in [6, 6.07) is 0.707. The van der Waals surface area contributed by atoms with Gasteiger partial charge < -0.3 is 10.0 Å². The molecule has 0 bridgehead atoms. The molecule has 1 unspecified atom stereocenters. The maximum absolute atomic E-state index is 11.4.